The van der Waals surface area contributed by atoms with Crippen LogP contribution in [0.25, 0.3) is 0 Å². The zero-order chi connectivity index (χ0) is 10.7. The molecular weight excluding hydrogens is 225 g/mol. The lowest BCUT2D eigenvalue weighted by Crippen LogP contribution is -2.03. The first-order valence-electron chi connectivity index (χ1n) is 3.62. The highest BCUT2D eigenvalue weighted by Gasteiger charge is 2.16. The number of hydrogen-bond acceptors (Lipinski definition) is 2. The van der Waals surface area contributed by atoms with Crippen LogP contribution in [0, 0.1) is 11.3 Å². The topological polar surface area (TPSA) is 61.1 Å². The molecule has 0 fully saturated rings. The van der Waals surface area contributed by atoms with Gasteiger partial charge in [-0.3, -0.25) is 0 Å². The number of halogens is 2. The van der Waals surface area contributed by atoms with Gasteiger partial charge in [-0.15, -0.1) is 11.6 Å². The van der Waals surface area contributed by atoms with Crippen molar-refractivity contribution < 1.29 is 9.90 Å². The first-order valence-corrected chi connectivity index (χ1v) is 4.53. The molecule has 0 heterocycles. The minimum absolute atomic E-state index is 0.0487. The van der Waals surface area contributed by atoms with Crippen LogP contribution < -0.4 is 0 Å². The van der Waals surface area contributed by atoms with Crippen LogP contribution in [0.4, 0.5) is 0 Å². The van der Waals surface area contributed by atoms with Crippen molar-refractivity contribution in [3.8, 4) is 6.07 Å². The lowest BCUT2D eigenvalue weighted by atomic mass is 10.1. The highest BCUT2D eigenvalue weighted by atomic mass is 35.5. The van der Waals surface area contributed by atoms with E-state index in [1.54, 1.807) is 6.07 Å². The van der Waals surface area contributed by atoms with Gasteiger partial charge in [-0.2, -0.15) is 5.26 Å². The summed E-state index contributed by atoms with van der Waals surface area (Å²) in [6.45, 7) is 0. The fourth-order valence-electron chi connectivity index (χ4n) is 1.04. The SMILES string of the molecule is N#Cc1ccc(CCl)c(C(=O)O)c1Cl. The largest absolute Gasteiger partial charge is 0.478 e. The molecule has 1 rings (SSSR count). The summed E-state index contributed by atoms with van der Waals surface area (Å²) in [6.07, 6.45) is 0. The lowest BCUT2D eigenvalue weighted by molar-refractivity contribution is 0.0696. The Hall–Kier alpha value is -1.24. The van der Waals surface area contributed by atoms with E-state index in [1.165, 1.54) is 12.1 Å². The molecule has 0 atom stereocenters. The second-order valence-corrected chi connectivity index (χ2v) is 3.16. The van der Waals surface area contributed by atoms with Crippen molar-refractivity contribution in [1.29, 1.82) is 5.26 Å². The van der Waals surface area contributed by atoms with E-state index in [4.69, 9.17) is 33.6 Å². The lowest BCUT2D eigenvalue weighted by Gasteiger charge is -2.05. The first-order chi connectivity index (χ1) is 6.61. The van der Waals surface area contributed by atoms with Crippen molar-refractivity contribution >= 4 is 29.2 Å². The molecule has 0 aliphatic rings. The Kier molecular flexibility index (Phi) is 3.34. The van der Waals surface area contributed by atoms with E-state index >= 15 is 0 Å². The second-order valence-electron chi connectivity index (χ2n) is 2.51. The predicted octanol–water partition coefficient (Wildman–Crippen LogP) is 2.65. The van der Waals surface area contributed by atoms with Crippen LogP contribution in [-0.2, 0) is 5.88 Å². The van der Waals surface area contributed by atoms with E-state index in [1.807, 2.05) is 0 Å². The minimum Gasteiger partial charge on any atom is -0.478 e. The molecule has 0 bridgehead atoms. The molecule has 5 heteroatoms. The summed E-state index contributed by atoms with van der Waals surface area (Å²) in [4.78, 5) is 10.8. The Morgan fingerprint density at radius 2 is 2.21 bits per heavy atom. The van der Waals surface area contributed by atoms with E-state index in [2.05, 4.69) is 0 Å². The van der Waals surface area contributed by atoms with E-state index in [0.717, 1.165) is 0 Å². The highest BCUT2D eigenvalue weighted by Crippen LogP contribution is 2.25. The van der Waals surface area contributed by atoms with E-state index in [-0.39, 0.29) is 22.0 Å². The van der Waals surface area contributed by atoms with Crippen LogP contribution in [0.2, 0.25) is 5.02 Å². The third-order valence-corrected chi connectivity index (χ3v) is 2.39. The summed E-state index contributed by atoms with van der Waals surface area (Å²) in [7, 11) is 0. The van der Waals surface area contributed by atoms with Gasteiger partial charge in [0.05, 0.1) is 16.1 Å². The minimum atomic E-state index is -1.18. The molecule has 0 unspecified atom stereocenters. The van der Waals surface area contributed by atoms with Crippen molar-refractivity contribution in [3.63, 3.8) is 0 Å². The molecule has 0 spiro atoms. The highest BCUT2D eigenvalue weighted by molar-refractivity contribution is 6.35. The number of carboxylic acid groups (broad SMARTS) is 1. The Balaban J connectivity index is 3.49. The number of hydrogen-bond donors (Lipinski definition) is 1. The van der Waals surface area contributed by atoms with Gasteiger partial charge in [0, 0.05) is 5.88 Å². The van der Waals surface area contributed by atoms with E-state index in [9.17, 15) is 4.79 Å². The third-order valence-electron chi connectivity index (χ3n) is 1.71. The van der Waals surface area contributed by atoms with Crippen LogP contribution in [0.5, 0.6) is 0 Å². The summed E-state index contributed by atoms with van der Waals surface area (Å²) >= 11 is 11.3. The molecule has 0 saturated carbocycles. The molecule has 72 valence electrons. The molecule has 0 amide bonds. The molecule has 0 radical (unpaired) electrons. The number of carbonyl (C=O) groups is 1. The molecule has 0 saturated heterocycles. The smallest absolute Gasteiger partial charge is 0.337 e. The summed E-state index contributed by atoms with van der Waals surface area (Å²) in [5.41, 5.74) is 0.446. The van der Waals surface area contributed by atoms with Gasteiger partial charge in [-0.05, 0) is 11.6 Å². The van der Waals surface area contributed by atoms with Gasteiger partial charge >= 0.3 is 5.97 Å². The standard InChI is InChI=1S/C9H5Cl2NO2/c10-3-5-1-2-6(4-12)8(11)7(5)9(13)14/h1-2H,3H2,(H,13,14). The maximum absolute atomic E-state index is 10.8. The van der Waals surface area contributed by atoms with Crippen molar-refractivity contribution in [2.24, 2.45) is 0 Å². The fraction of sp³-hybridized carbons (Fsp3) is 0.111. The Labute approximate surface area is 90.5 Å². The molecule has 1 aromatic rings. The number of carboxylic acids is 1. The van der Waals surface area contributed by atoms with Crippen molar-refractivity contribution in [1.82, 2.24) is 0 Å². The van der Waals surface area contributed by atoms with Gasteiger partial charge in [0.15, 0.2) is 0 Å². The zero-order valence-corrected chi connectivity index (χ0v) is 8.43. The molecule has 1 aromatic carbocycles. The molecule has 3 nitrogen and oxygen atoms in total. The van der Waals surface area contributed by atoms with Crippen molar-refractivity contribution in [3.05, 3.63) is 33.8 Å². The maximum atomic E-state index is 10.8. The van der Waals surface area contributed by atoms with E-state index in [0.29, 0.717) is 5.56 Å². The van der Waals surface area contributed by atoms with Crippen LogP contribution in [0.3, 0.4) is 0 Å². The van der Waals surface area contributed by atoms with Crippen molar-refractivity contribution in [2.45, 2.75) is 5.88 Å². The van der Waals surface area contributed by atoms with E-state index < -0.39 is 5.97 Å². The predicted molar refractivity (Wildman–Crippen MR) is 52.7 cm³/mol. The van der Waals surface area contributed by atoms with Crippen LogP contribution >= 0.6 is 23.2 Å². The number of rotatable bonds is 2. The Morgan fingerprint density at radius 3 is 2.64 bits per heavy atom. The molecule has 14 heavy (non-hydrogen) atoms. The zero-order valence-electron chi connectivity index (χ0n) is 6.92. The van der Waals surface area contributed by atoms with Crippen LogP contribution in [0.1, 0.15) is 21.5 Å². The Bertz CT molecular complexity index is 424. The number of nitrogens with zero attached hydrogens (tertiary/aromatic N) is 1. The van der Waals surface area contributed by atoms with Gasteiger partial charge in [-0.1, -0.05) is 17.7 Å². The number of aromatic carboxylic acids is 1. The van der Waals surface area contributed by atoms with Crippen molar-refractivity contribution in [2.75, 3.05) is 0 Å². The average molecular weight is 230 g/mol. The van der Waals surface area contributed by atoms with Gasteiger partial charge < -0.3 is 5.11 Å². The quantitative estimate of drug-likeness (QED) is 0.794. The maximum Gasteiger partial charge on any atom is 0.337 e. The number of alkyl halides is 1. The summed E-state index contributed by atoms with van der Waals surface area (Å²) in [6, 6.07) is 4.74. The van der Waals surface area contributed by atoms with Gasteiger partial charge in [0.2, 0.25) is 0 Å². The number of nitriles is 1. The summed E-state index contributed by atoms with van der Waals surface area (Å²) < 4.78 is 0. The van der Waals surface area contributed by atoms with Crippen LogP contribution in [-0.4, -0.2) is 11.1 Å². The second kappa shape index (κ2) is 4.32. The van der Waals surface area contributed by atoms with Gasteiger partial charge in [-0.25, -0.2) is 4.79 Å². The Morgan fingerprint density at radius 1 is 1.57 bits per heavy atom. The monoisotopic (exact) mass is 229 g/mol. The number of benzene rings is 1. The first kappa shape index (κ1) is 10.8. The molecular formula is C9H5Cl2NO2. The summed E-state index contributed by atoms with van der Waals surface area (Å²) in [5, 5.41) is 17.4. The fourth-order valence-corrected chi connectivity index (χ4v) is 1.58. The molecule has 1 N–H and O–H groups in total. The summed E-state index contributed by atoms with van der Waals surface area (Å²) in [5.74, 6) is -1.13. The normalized spacial score (nSPS) is 9.50. The van der Waals surface area contributed by atoms with Crippen LogP contribution in [0.15, 0.2) is 12.1 Å². The molecule has 0 aliphatic heterocycles. The van der Waals surface area contributed by atoms with Gasteiger partial charge in [0.1, 0.15) is 6.07 Å². The molecule has 0 aliphatic carbocycles. The molecule has 0 aromatic heterocycles. The van der Waals surface area contributed by atoms with Gasteiger partial charge in [0.25, 0.3) is 0 Å². The average Bonchev–Trinajstić information content (AvgIpc) is 2.16. The third kappa shape index (κ3) is 1.82.